The second-order valence-electron chi connectivity index (χ2n) is 6.24. The molecule has 1 aromatic carbocycles. The molecule has 1 saturated heterocycles. The topological polar surface area (TPSA) is 92.5 Å². The van der Waals surface area contributed by atoms with Crippen molar-refractivity contribution >= 4 is 21.6 Å². The van der Waals surface area contributed by atoms with Gasteiger partial charge in [-0.1, -0.05) is 18.9 Å². The predicted molar refractivity (Wildman–Crippen MR) is 95.3 cm³/mol. The molecule has 0 saturated carbocycles. The van der Waals surface area contributed by atoms with E-state index in [1.54, 1.807) is 29.4 Å². The van der Waals surface area contributed by atoms with Crippen LogP contribution in [-0.4, -0.2) is 38.3 Å². The van der Waals surface area contributed by atoms with Gasteiger partial charge in [0.05, 0.1) is 4.90 Å². The van der Waals surface area contributed by atoms with Gasteiger partial charge < -0.3 is 11.1 Å². The minimum Gasteiger partial charge on any atom is -0.330 e. The Morgan fingerprint density at radius 1 is 1.21 bits per heavy atom. The first kappa shape index (κ1) is 18.9. The SMILES string of the molecule is Cc1ccc(NC(=O)CCCN)cc1S(=O)(=O)N1CCCCCC1. The number of rotatable bonds is 6. The van der Waals surface area contributed by atoms with E-state index in [9.17, 15) is 13.2 Å². The van der Waals surface area contributed by atoms with E-state index in [2.05, 4.69) is 5.32 Å². The number of carbonyl (C=O) groups excluding carboxylic acids is 1. The van der Waals surface area contributed by atoms with Gasteiger partial charge in [0.25, 0.3) is 0 Å². The number of nitrogens with one attached hydrogen (secondary N) is 1. The summed E-state index contributed by atoms with van der Waals surface area (Å²) in [6.07, 6.45) is 4.88. The van der Waals surface area contributed by atoms with Crippen LogP contribution in [0.5, 0.6) is 0 Å². The lowest BCUT2D eigenvalue weighted by molar-refractivity contribution is -0.116. The molecule has 7 heteroatoms. The van der Waals surface area contributed by atoms with E-state index < -0.39 is 10.0 Å². The number of sulfonamides is 1. The van der Waals surface area contributed by atoms with Crippen LogP contribution in [0.15, 0.2) is 23.1 Å². The largest absolute Gasteiger partial charge is 0.330 e. The third kappa shape index (κ3) is 4.78. The summed E-state index contributed by atoms with van der Waals surface area (Å²) in [4.78, 5) is 12.1. The van der Waals surface area contributed by atoms with E-state index in [1.165, 1.54) is 0 Å². The highest BCUT2D eigenvalue weighted by molar-refractivity contribution is 7.89. The van der Waals surface area contributed by atoms with Crippen molar-refractivity contribution in [1.29, 1.82) is 0 Å². The zero-order valence-electron chi connectivity index (χ0n) is 14.3. The molecular weight excluding hydrogens is 326 g/mol. The Kier molecular flexibility index (Phi) is 6.77. The standard InChI is InChI=1S/C17H27N3O3S/c1-14-8-9-15(19-17(21)7-6-10-18)13-16(14)24(22,23)20-11-4-2-3-5-12-20/h8-9,13H,2-7,10-12,18H2,1H3,(H,19,21). The minimum atomic E-state index is -3.53. The van der Waals surface area contributed by atoms with Gasteiger partial charge in [-0.3, -0.25) is 4.79 Å². The quantitative estimate of drug-likeness (QED) is 0.820. The summed E-state index contributed by atoms with van der Waals surface area (Å²) < 4.78 is 27.5. The molecule has 0 atom stereocenters. The number of aryl methyl sites for hydroxylation is 1. The lowest BCUT2D eigenvalue weighted by Gasteiger charge is -2.21. The van der Waals surface area contributed by atoms with Crippen LogP contribution in [0.25, 0.3) is 0 Å². The van der Waals surface area contributed by atoms with Crippen molar-refractivity contribution in [1.82, 2.24) is 4.31 Å². The molecule has 0 radical (unpaired) electrons. The number of hydrogen-bond acceptors (Lipinski definition) is 4. The Labute approximate surface area is 144 Å². The van der Waals surface area contributed by atoms with Gasteiger partial charge in [0.15, 0.2) is 0 Å². The molecule has 0 bridgehead atoms. The van der Waals surface area contributed by atoms with Crippen molar-refractivity contribution in [3.8, 4) is 0 Å². The molecule has 24 heavy (non-hydrogen) atoms. The van der Waals surface area contributed by atoms with E-state index in [4.69, 9.17) is 5.73 Å². The number of anilines is 1. The molecule has 1 fully saturated rings. The van der Waals surface area contributed by atoms with Gasteiger partial charge in [-0.25, -0.2) is 8.42 Å². The van der Waals surface area contributed by atoms with E-state index in [1.807, 2.05) is 0 Å². The van der Waals surface area contributed by atoms with E-state index >= 15 is 0 Å². The van der Waals surface area contributed by atoms with Crippen LogP contribution < -0.4 is 11.1 Å². The molecule has 1 aliphatic heterocycles. The predicted octanol–water partition coefficient (Wildman–Crippen LogP) is 2.24. The second kappa shape index (κ2) is 8.60. The maximum absolute atomic E-state index is 13.0. The Balaban J connectivity index is 2.22. The summed E-state index contributed by atoms with van der Waals surface area (Å²) in [5.74, 6) is -0.151. The molecule has 0 aliphatic carbocycles. The summed E-state index contributed by atoms with van der Waals surface area (Å²) in [5, 5.41) is 2.75. The second-order valence-corrected chi connectivity index (χ2v) is 8.15. The normalized spacial score (nSPS) is 16.6. The summed E-state index contributed by atoms with van der Waals surface area (Å²) in [6, 6.07) is 5.04. The smallest absolute Gasteiger partial charge is 0.243 e. The zero-order valence-corrected chi connectivity index (χ0v) is 15.1. The van der Waals surface area contributed by atoms with Crippen molar-refractivity contribution in [2.45, 2.75) is 50.3 Å². The Morgan fingerprint density at radius 3 is 2.50 bits per heavy atom. The van der Waals surface area contributed by atoms with Crippen molar-refractivity contribution in [3.63, 3.8) is 0 Å². The number of amides is 1. The molecular formula is C17H27N3O3S. The van der Waals surface area contributed by atoms with E-state index in [0.29, 0.717) is 43.7 Å². The highest BCUT2D eigenvalue weighted by Crippen LogP contribution is 2.25. The van der Waals surface area contributed by atoms with Gasteiger partial charge in [0.2, 0.25) is 15.9 Å². The first-order chi connectivity index (χ1) is 11.4. The molecule has 1 amide bonds. The number of nitrogens with zero attached hydrogens (tertiary/aromatic N) is 1. The molecule has 0 unspecified atom stereocenters. The fourth-order valence-electron chi connectivity index (χ4n) is 2.86. The first-order valence-electron chi connectivity index (χ1n) is 8.56. The van der Waals surface area contributed by atoms with Gasteiger partial charge in [0, 0.05) is 25.2 Å². The minimum absolute atomic E-state index is 0.151. The van der Waals surface area contributed by atoms with E-state index in [0.717, 1.165) is 25.7 Å². The zero-order chi connectivity index (χ0) is 17.6. The average molecular weight is 353 g/mol. The maximum Gasteiger partial charge on any atom is 0.243 e. The lowest BCUT2D eigenvalue weighted by atomic mass is 10.2. The first-order valence-corrected chi connectivity index (χ1v) is 10.00. The Hall–Kier alpha value is -1.44. The number of carbonyl (C=O) groups is 1. The molecule has 1 aliphatic rings. The third-order valence-electron chi connectivity index (χ3n) is 4.26. The van der Waals surface area contributed by atoms with Crippen LogP contribution in [0.4, 0.5) is 5.69 Å². The van der Waals surface area contributed by atoms with Gasteiger partial charge in [-0.05, 0) is 50.4 Å². The van der Waals surface area contributed by atoms with Crippen molar-refractivity contribution in [2.75, 3.05) is 25.0 Å². The molecule has 1 aromatic rings. The molecule has 2 rings (SSSR count). The van der Waals surface area contributed by atoms with Crippen molar-refractivity contribution in [3.05, 3.63) is 23.8 Å². The van der Waals surface area contributed by atoms with Crippen LogP contribution in [0.1, 0.15) is 44.1 Å². The van der Waals surface area contributed by atoms with Crippen LogP contribution in [-0.2, 0) is 14.8 Å². The summed E-state index contributed by atoms with van der Waals surface area (Å²) in [6.45, 7) is 3.37. The van der Waals surface area contributed by atoms with Crippen LogP contribution >= 0.6 is 0 Å². The lowest BCUT2D eigenvalue weighted by Crippen LogP contribution is -2.32. The van der Waals surface area contributed by atoms with Gasteiger partial charge in [-0.2, -0.15) is 4.31 Å². The number of benzene rings is 1. The Morgan fingerprint density at radius 2 is 1.88 bits per heavy atom. The average Bonchev–Trinajstić information content (AvgIpc) is 2.84. The van der Waals surface area contributed by atoms with Crippen molar-refractivity contribution < 1.29 is 13.2 Å². The summed E-state index contributed by atoms with van der Waals surface area (Å²) in [7, 11) is -3.53. The number of nitrogens with two attached hydrogens (primary N) is 1. The highest BCUT2D eigenvalue weighted by Gasteiger charge is 2.27. The summed E-state index contributed by atoms with van der Waals surface area (Å²) in [5.41, 5.74) is 6.61. The molecule has 134 valence electrons. The van der Waals surface area contributed by atoms with Crippen LogP contribution in [0, 0.1) is 6.92 Å². The number of hydrogen-bond donors (Lipinski definition) is 2. The van der Waals surface area contributed by atoms with Gasteiger partial charge >= 0.3 is 0 Å². The monoisotopic (exact) mass is 353 g/mol. The maximum atomic E-state index is 13.0. The van der Waals surface area contributed by atoms with Crippen molar-refractivity contribution in [2.24, 2.45) is 5.73 Å². The van der Waals surface area contributed by atoms with Crippen LogP contribution in [0.3, 0.4) is 0 Å². The molecule has 6 nitrogen and oxygen atoms in total. The van der Waals surface area contributed by atoms with E-state index in [-0.39, 0.29) is 10.8 Å². The molecule has 0 spiro atoms. The fraction of sp³-hybridized carbons (Fsp3) is 0.588. The molecule has 3 N–H and O–H groups in total. The highest BCUT2D eigenvalue weighted by atomic mass is 32.2. The molecule has 0 aromatic heterocycles. The third-order valence-corrected chi connectivity index (χ3v) is 6.30. The van der Waals surface area contributed by atoms with Gasteiger partial charge in [-0.15, -0.1) is 0 Å². The van der Waals surface area contributed by atoms with Crippen LogP contribution in [0.2, 0.25) is 0 Å². The fourth-order valence-corrected chi connectivity index (χ4v) is 4.63. The molecule has 1 heterocycles. The Bertz CT molecular complexity index is 666. The van der Waals surface area contributed by atoms with Gasteiger partial charge in [0.1, 0.15) is 0 Å². The summed E-state index contributed by atoms with van der Waals surface area (Å²) >= 11 is 0.